The van der Waals surface area contributed by atoms with Crippen molar-refractivity contribution in [2.75, 3.05) is 9.80 Å². The molecule has 0 spiro atoms. The second-order valence-corrected chi connectivity index (χ2v) is 24.2. The van der Waals surface area contributed by atoms with Gasteiger partial charge in [0.15, 0.2) is 5.58 Å². The molecule has 12 rings (SSSR count). The summed E-state index contributed by atoms with van der Waals surface area (Å²) in [5, 5.41) is 2.31. The molecule has 7 aromatic carbocycles. The van der Waals surface area contributed by atoms with Crippen LogP contribution in [0, 0.1) is 6.92 Å². The molecule has 3 aliphatic heterocycles. The Kier molecular flexibility index (Phi) is 8.87. The van der Waals surface area contributed by atoms with E-state index in [9.17, 15) is 0 Å². The first-order valence-corrected chi connectivity index (χ1v) is 25.0. The molecule has 0 amide bonds. The minimum Gasteiger partial charge on any atom is -0.454 e. The van der Waals surface area contributed by atoms with Gasteiger partial charge in [0, 0.05) is 44.4 Å². The van der Waals surface area contributed by atoms with Crippen LogP contribution in [0.4, 0.5) is 28.4 Å². The summed E-state index contributed by atoms with van der Waals surface area (Å²) < 4.78 is 7.47. The summed E-state index contributed by atoms with van der Waals surface area (Å²) in [6.07, 6.45) is 4.86. The molecule has 67 heavy (non-hydrogen) atoms. The van der Waals surface area contributed by atoms with Gasteiger partial charge >= 0.3 is 0 Å². The molecule has 0 radical (unpaired) electrons. The first kappa shape index (κ1) is 42.4. The van der Waals surface area contributed by atoms with Crippen molar-refractivity contribution in [2.24, 2.45) is 0 Å². The van der Waals surface area contributed by atoms with Crippen LogP contribution in [-0.2, 0) is 21.7 Å². The molecule has 1 aliphatic carbocycles. The van der Waals surface area contributed by atoms with E-state index < -0.39 is 0 Å². The number of hydrogen-bond acceptors (Lipinski definition) is 3. The molecule has 3 nitrogen and oxygen atoms in total. The predicted molar refractivity (Wildman–Crippen MR) is 288 cm³/mol. The third-order valence-corrected chi connectivity index (χ3v) is 16.9. The lowest BCUT2D eigenvalue weighted by Gasteiger charge is -2.53. The molecule has 8 aromatic rings. The van der Waals surface area contributed by atoms with E-state index in [2.05, 4.69) is 220 Å². The van der Waals surface area contributed by atoms with Gasteiger partial charge in [-0.15, -0.1) is 0 Å². The molecule has 4 heterocycles. The van der Waals surface area contributed by atoms with Crippen LogP contribution in [0.3, 0.4) is 0 Å². The Morgan fingerprint density at radius 2 is 1.12 bits per heavy atom. The van der Waals surface area contributed by atoms with Crippen molar-refractivity contribution >= 4 is 73.5 Å². The highest BCUT2D eigenvalue weighted by Crippen LogP contribution is 2.63. The molecule has 4 heteroatoms. The summed E-state index contributed by atoms with van der Waals surface area (Å²) in [4.78, 5) is 5.56. The molecule has 1 saturated carbocycles. The normalized spacial score (nSPS) is 19.7. The minimum absolute atomic E-state index is 0.000428. The van der Waals surface area contributed by atoms with Gasteiger partial charge in [-0.05, 0) is 129 Å². The summed E-state index contributed by atoms with van der Waals surface area (Å²) >= 11 is 0. The van der Waals surface area contributed by atoms with Gasteiger partial charge in [-0.25, -0.2) is 0 Å². The van der Waals surface area contributed by atoms with Crippen molar-refractivity contribution in [1.29, 1.82) is 0 Å². The van der Waals surface area contributed by atoms with Gasteiger partial charge in [-0.1, -0.05) is 179 Å². The highest BCUT2D eigenvalue weighted by molar-refractivity contribution is 7.00. The molecule has 336 valence electrons. The Morgan fingerprint density at radius 3 is 1.75 bits per heavy atom. The van der Waals surface area contributed by atoms with E-state index >= 15 is 0 Å². The van der Waals surface area contributed by atoms with Crippen LogP contribution in [0.25, 0.3) is 44.2 Å². The average molecular weight is 877 g/mol. The Labute approximate surface area is 399 Å². The molecule has 0 bridgehead atoms. The van der Waals surface area contributed by atoms with Gasteiger partial charge in [-0.2, -0.15) is 0 Å². The van der Waals surface area contributed by atoms with Crippen LogP contribution in [0.1, 0.15) is 130 Å². The number of nitrogens with zero attached hydrogens (tertiary/aromatic N) is 2. The summed E-state index contributed by atoms with van der Waals surface area (Å²) in [5.74, 6) is 0. The maximum Gasteiger partial charge on any atom is 0.252 e. The predicted octanol–water partition coefficient (Wildman–Crippen LogP) is 15.5. The summed E-state index contributed by atoms with van der Waals surface area (Å²) in [6.45, 7) is 28.7. The van der Waals surface area contributed by atoms with Gasteiger partial charge in [0.25, 0.3) is 6.71 Å². The standard InChI is InChI=1S/C63H65BN2O/c1-38-31-51-54-52(32-38)66-56-48(62(11)29-19-20-30-63(62,66)12)35-43(61(8,9)10)36-50(56)64(54)49-28-27-45-44-26-25-41(59(2,3)4)37-53(44)67-58(45)57(49)65(51)55-46(39-21-15-13-16-22-39)33-42(60(5,6)7)34-47(55)40-23-17-14-18-24-40/h13-18,21-28,31-37H,19-20,29-30H2,1-12H3. The molecular weight excluding hydrogens is 812 g/mol. The van der Waals surface area contributed by atoms with E-state index in [4.69, 9.17) is 4.42 Å². The van der Waals surface area contributed by atoms with Crippen LogP contribution in [0.2, 0.25) is 0 Å². The van der Waals surface area contributed by atoms with E-state index in [0.717, 1.165) is 34.0 Å². The van der Waals surface area contributed by atoms with Crippen molar-refractivity contribution in [2.45, 2.75) is 136 Å². The molecule has 1 aromatic heterocycles. The Bertz CT molecular complexity index is 3300. The second kappa shape index (κ2) is 14.0. The van der Waals surface area contributed by atoms with Crippen molar-refractivity contribution < 1.29 is 4.42 Å². The van der Waals surface area contributed by atoms with Crippen LogP contribution in [0.5, 0.6) is 0 Å². The average Bonchev–Trinajstić information content (AvgIpc) is 3.77. The molecule has 2 atom stereocenters. The quantitative estimate of drug-likeness (QED) is 0.165. The SMILES string of the molecule is Cc1cc2c3c(c1)N1c4c(cc(C(C)(C)C)cc4C4(C)CCCCC14C)B3c1ccc3c(oc4cc(C(C)(C)C)ccc43)c1N2c1c(-c2ccccc2)cc(C(C)(C)C)cc1-c1ccccc1. The van der Waals surface area contributed by atoms with Gasteiger partial charge in [0.05, 0.1) is 16.9 Å². The molecule has 2 unspecified atom stereocenters. The fourth-order valence-electron chi connectivity index (χ4n) is 12.9. The van der Waals surface area contributed by atoms with E-state index in [-0.39, 0.29) is 33.9 Å². The minimum atomic E-state index is -0.0974. The monoisotopic (exact) mass is 877 g/mol. The van der Waals surface area contributed by atoms with Crippen LogP contribution in [0.15, 0.2) is 132 Å². The summed E-state index contributed by atoms with van der Waals surface area (Å²) in [7, 11) is 0. The maximum atomic E-state index is 7.47. The van der Waals surface area contributed by atoms with Gasteiger partial charge in [0.2, 0.25) is 0 Å². The smallest absolute Gasteiger partial charge is 0.252 e. The zero-order valence-corrected chi connectivity index (χ0v) is 41.8. The van der Waals surface area contributed by atoms with Gasteiger partial charge < -0.3 is 14.2 Å². The van der Waals surface area contributed by atoms with Crippen LogP contribution >= 0.6 is 0 Å². The van der Waals surface area contributed by atoms with E-state index in [1.807, 2.05) is 0 Å². The number of hydrogen-bond donors (Lipinski definition) is 0. The summed E-state index contributed by atoms with van der Waals surface area (Å²) in [6, 6.07) is 49.3. The number of fused-ring (bicyclic) bond motifs is 11. The lowest BCUT2D eigenvalue weighted by atomic mass is 9.33. The zero-order valence-electron chi connectivity index (χ0n) is 41.8. The molecular formula is C63H65BN2O. The lowest BCUT2D eigenvalue weighted by molar-refractivity contribution is 0.195. The number of aryl methyl sites for hydroxylation is 1. The van der Waals surface area contributed by atoms with Gasteiger partial charge in [-0.3, -0.25) is 0 Å². The number of benzene rings is 7. The van der Waals surface area contributed by atoms with Crippen LogP contribution in [-0.4, -0.2) is 12.3 Å². The topological polar surface area (TPSA) is 19.6 Å². The fourth-order valence-corrected chi connectivity index (χ4v) is 12.9. The molecule has 0 saturated heterocycles. The van der Waals surface area contributed by atoms with E-state index in [0.29, 0.717) is 0 Å². The first-order chi connectivity index (χ1) is 31.8. The number of furan rings is 1. The van der Waals surface area contributed by atoms with Crippen molar-refractivity contribution in [3.63, 3.8) is 0 Å². The largest absolute Gasteiger partial charge is 0.454 e. The van der Waals surface area contributed by atoms with Crippen molar-refractivity contribution in [1.82, 2.24) is 0 Å². The Balaban J connectivity index is 1.29. The van der Waals surface area contributed by atoms with Gasteiger partial charge in [0.1, 0.15) is 5.58 Å². The van der Waals surface area contributed by atoms with Crippen molar-refractivity contribution in [3.05, 3.63) is 155 Å². The van der Waals surface area contributed by atoms with Crippen molar-refractivity contribution in [3.8, 4) is 22.3 Å². The molecule has 1 fully saturated rings. The van der Waals surface area contributed by atoms with E-state index in [1.54, 1.807) is 5.56 Å². The number of rotatable bonds is 3. The lowest BCUT2D eigenvalue weighted by Crippen LogP contribution is -2.64. The maximum absolute atomic E-state index is 7.47. The Hall–Kier alpha value is -6.00. The zero-order chi connectivity index (χ0) is 46.7. The first-order valence-electron chi connectivity index (χ1n) is 25.0. The Morgan fingerprint density at radius 1 is 0.537 bits per heavy atom. The highest BCUT2D eigenvalue weighted by atomic mass is 16.3. The fraction of sp³-hybridized carbons (Fsp3) is 0.333. The highest BCUT2D eigenvalue weighted by Gasteiger charge is 2.62. The second-order valence-electron chi connectivity index (χ2n) is 24.2. The van der Waals surface area contributed by atoms with E-state index in [1.165, 1.54) is 103 Å². The van der Waals surface area contributed by atoms with Crippen LogP contribution < -0.4 is 26.2 Å². The third kappa shape index (κ3) is 5.96. The third-order valence-electron chi connectivity index (χ3n) is 16.9. The number of anilines is 5. The molecule has 4 aliphatic rings. The molecule has 0 N–H and O–H groups in total. The summed E-state index contributed by atoms with van der Waals surface area (Å²) in [5.41, 5.74) is 23.9.